The van der Waals surface area contributed by atoms with Crippen LogP contribution in [0.25, 0.3) is 0 Å². The first kappa shape index (κ1) is 13.0. The fourth-order valence-electron chi connectivity index (χ4n) is 1.09. The molecule has 1 rings (SSSR count). The molecule has 0 radical (unpaired) electrons. The van der Waals surface area contributed by atoms with E-state index in [-0.39, 0.29) is 6.61 Å². The van der Waals surface area contributed by atoms with E-state index in [4.69, 9.17) is 20.3 Å². The molecule has 1 aromatic heterocycles. The molecule has 0 saturated heterocycles. The van der Waals surface area contributed by atoms with Crippen LogP contribution in [0.5, 0.6) is 0 Å². The van der Waals surface area contributed by atoms with Crippen molar-refractivity contribution < 1.29 is 14.6 Å². The predicted molar refractivity (Wildman–Crippen MR) is 56.6 cm³/mol. The van der Waals surface area contributed by atoms with Crippen molar-refractivity contribution >= 4 is 0 Å². The number of aliphatic hydroxyl groups is 1. The summed E-state index contributed by atoms with van der Waals surface area (Å²) in [5, 5.41) is 16.2. The van der Waals surface area contributed by atoms with Crippen molar-refractivity contribution in [2.24, 2.45) is 5.73 Å². The fourth-order valence-corrected chi connectivity index (χ4v) is 1.09. The lowest BCUT2D eigenvalue weighted by atomic mass is 10.5. The lowest BCUT2D eigenvalue weighted by Gasteiger charge is -2.04. The van der Waals surface area contributed by atoms with Gasteiger partial charge in [0.05, 0.1) is 45.3 Å². The highest BCUT2D eigenvalue weighted by molar-refractivity contribution is 4.90. The van der Waals surface area contributed by atoms with Gasteiger partial charge in [0, 0.05) is 12.7 Å². The second-order valence-corrected chi connectivity index (χ2v) is 3.13. The van der Waals surface area contributed by atoms with E-state index in [2.05, 4.69) is 10.3 Å². The monoisotopic (exact) mass is 230 g/mol. The predicted octanol–water partition coefficient (Wildman–Crippen LogP) is -1.24. The van der Waals surface area contributed by atoms with Gasteiger partial charge in [-0.15, -0.1) is 5.10 Å². The van der Waals surface area contributed by atoms with E-state index in [1.54, 1.807) is 10.9 Å². The molecule has 1 aromatic rings. The Balaban J connectivity index is 1.98. The molecule has 16 heavy (non-hydrogen) atoms. The van der Waals surface area contributed by atoms with E-state index < -0.39 is 0 Å². The Labute approximate surface area is 94.1 Å². The number of nitrogens with two attached hydrogens (primary N) is 1. The number of ether oxygens (including phenoxy) is 2. The third-order valence-electron chi connectivity index (χ3n) is 1.87. The van der Waals surface area contributed by atoms with Gasteiger partial charge in [-0.3, -0.25) is 0 Å². The topological polar surface area (TPSA) is 95.4 Å². The van der Waals surface area contributed by atoms with Gasteiger partial charge >= 0.3 is 0 Å². The SMILES string of the molecule is NCc1cn(CCOCCOCCO)nn1. The van der Waals surface area contributed by atoms with Crippen molar-refractivity contribution in [2.75, 3.05) is 33.0 Å². The Kier molecular flexibility index (Phi) is 6.66. The van der Waals surface area contributed by atoms with Crippen LogP contribution in [0, 0.1) is 0 Å². The first-order valence-corrected chi connectivity index (χ1v) is 5.22. The molecule has 3 N–H and O–H groups in total. The minimum Gasteiger partial charge on any atom is -0.394 e. The molecule has 0 aliphatic carbocycles. The van der Waals surface area contributed by atoms with Crippen LogP contribution in [0.4, 0.5) is 0 Å². The van der Waals surface area contributed by atoms with E-state index in [9.17, 15) is 0 Å². The molecule has 92 valence electrons. The third kappa shape index (κ3) is 5.17. The number of aliphatic hydroxyl groups excluding tert-OH is 1. The molecule has 0 aliphatic heterocycles. The van der Waals surface area contributed by atoms with Crippen molar-refractivity contribution in [1.29, 1.82) is 0 Å². The quantitative estimate of drug-likeness (QED) is 0.515. The van der Waals surface area contributed by atoms with E-state index in [1.165, 1.54) is 0 Å². The summed E-state index contributed by atoms with van der Waals surface area (Å²) < 4.78 is 12.0. The van der Waals surface area contributed by atoms with Crippen LogP contribution in [-0.2, 0) is 22.6 Å². The highest BCUT2D eigenvalue weighted by atomic mass is 16.5. The summed E-state index contributed by atoms with van der Waals surface area (Å²) in [5.41, 5.74) is 6.17. The van der Waals surface area contributed by atoms with Crippen molar-refractivity contribution in [3.05, 3.63) is 11.9 Å². The van der Waals surface area contributed by atoms with Crippen LogP contribution in [0.15, 0.2) is 6.20 Å². The van der Waals surface area contributed by atoms with Crippen molar-refractivity contribution in [3.8, 4) is 0 Å². The van der Waals surface area contributed by atoms with Gasteiger partial charge in [-0.05, 0) is 0 Å². The Hall–Kier alpha value is -1.02. The second kappa shape index (κ2) is 8.17. The van der Waals surface area contributed by atoms with Crippen LogP contribution in [0.1, 0.15) is 5.69 Å². The molecule has 0 aliphatic rings. The van der Waals surface area contributed by atoms with Crippen LogP contribution in [-0.4, -0.2) is 53.1 Å². The molecular formula is C9H18N4O3. The molecule has 0 spiro atoms. The zero-order valence-electron chi connectivity index (χ0n) is 9.21. The highest BCUT2D eigenvalue weighted by Crippen LogP contribution is 1.91. The summed E-state index contributed by atoms with van der Waals surface area (Å²) >= 11 is 0. The van der Waals surface area contributed by atoms with Gasteiger partial charge in [0.15, 0.2) is 0 Å². The molecule has 0 amide bonds. The molecular weight excluding hydrogens is 212 g/mol. The Morgan fingerprint density at radius 1 is 1.25 bits per heavy atom. The van der Waals surface area contributed by atoms with Gasteiger partial charge in [-0.2, -0.15) is 0 Å². The molecule has 0 fully saturated rings. The summed E-state index contributed by atoms with van der Waals surface area (Å²) in [6.45, 7) is 3.00. The molecule has 0 atom stereocenters. The number of hydrogen-bond acceptors (Lipinski definition) is 6. The summed E-state index contributed by atoms with van der Waals surface area (Å²) in [4.78, 5) is 0. The molecule has 7 nitrogen and oxygen atoms in total. The highest BCUT2D eigenvalue weighted by Gasteiger charge is 1.97. The van der Waals surface area contributed by atoms with Crippen LogP contribution in [0.2, 0.25) is 0 Å². The Morgan fingerprint density at radius 2 is 2.00 bits per heavy atom. The largest absolute Gasteiger partial charge is 0.394 e. The molecule has 0 bridgehead atoms. The van der Waals surface area contributed by atoms with E-state index in [0.29, 0.717) is 39.5 Å². The molecule has 0 saturated carbocycles. The second-order valence-electron chi connectivity index (χ2n) is 3.13. The third-order valence-corrected chi connectivity index (χ3v) is 1.87. The summed E-state index contributed by atoms with van der Waals surface area (Å²) in [5.74, 6) is 0. The lowest BCUT2D eigenvalue weighted by molar-refractivity contribution is 0.0302. The zero-order chi connectivity index (χ0) is 11.6. The standard InChI is InChI=1S/C9H18N4O3/c10-7-9-8-13(12-11-9)1-3-15-5-6-16-4-2-14/h8,14H,1-7,10H2. The minimum absolute atomic E-state index is 0.0425. The van der Waals surface area contributed by atoms with Crippen molar-refractivity contribution in [1.82, 2.24) is 15.0 Å². The summed E-state index contributed by atoms with van der Waals surface area (Å²) in [6.07, 6.45) is 1.80. The molecule has 0 aromatic carbocycles. The average molecular weight is 230 g/mol. The number of rotatable bonds is 9. The zero-order valence-corrected chi connectivity index (χ0v) is 9.21. The maximum absolute atomic E-state index is 8.45. The van der Waals surface area contributed by atoms with Crippen LogP contribution < -0.4 is 5.73 Å². The van der Waals surface area contributed by atoms with Gasteiger partial charge in [0.1, 0.15) is 0 Å². The van der Waals surface area contributed by atoms with E-state index in [1.807, 2.05) is 0 Å². The molecule has 0 unspecified atom stereocenters. The molecule has 7 heteroatoms. The fraction of sp³-hybridized carbons (Fsp3) is 0.778. The van der Waals surface area contributed by atoms with Gasteiger partial charge in [0.25, 0.3) is 0 Å². The average Bonchev–Trinajstić information content (AvgIpc) is 2.76. The molecule has 1 heterocycles. The van der Waals surface area contributed by atoms with Gasteiger partial charge in [-0.25, -0.2) is 4.68 Å². The number of nitrogens with zero attached hydrogens (tertiary/aromatic N) is 3. The maximum atomic E-state index is 8.45. The normalized spacial score (nSPS) is 10.9. The van der Waals surface area contributed by atoms with Crippen LogP contribution >= 0.6 is 0 Å². The van der Waals surface area contributed by atoms with Crippen molar-refractivity contribution in [2.45, 2.75) is 13.1 Å². The summed E-state index contributed by atoms with van der Waals surface area (Å²) in [7, 11) is 0. The van der Waals surface area contributed by atoms with Crippen molar-refractivity contribution in [3.63, 3.8) is 0 Å². The number of aromatic nitrogens is 3. The Morgan fingerprint density at radius 3 is 2.62 bits per heavy atom. The smallest absolute Gasteiger partial charge is 0.0962 e. The first-order chi connectivity index (χ1) is 7.86. The maximum Gasteiger partial charge on any atom is 0.0962 e. The van der Waals surface area contributed by atoms with Crippen LogP contribution in [0.3, 0.4) is 0 Å². The van der Waals surface area contributed by atoms with Gasteiger partial charge in [-0.1, -0.05) is 5.21 Å². The lowest BCUT2D eigenvalue weighted by Crippen LogP contribution is -2.11. The van der Waals surface area contributed by atoms with Gasteiger partial charge < -0.3 is 20.3 Å². The first-order valence-electron chi connectivity index (χ1n) is 5.22. The summed E-state index contributed by atoms with van der Waals surface area (Å²) in [6, 6.07) is 0. The number of hydrogen-bond donors (Lipinski definition) is 2. The van der Waals surface area contributed by atoms with E-state index >= 15 is 0 Å². The van der Waals surface area contributed by atoms with Gasteiger partial charge in [0.2, 0.25) is 0 Å². The minimum atomic E-state index is 0.0425. The Bertz CT molecular complexity index is 279. The van der Waals surface area contributed by atoms with E-state index in [0.717, 1.165) is 5.69 Å².